The molecular formula is C24H16ClF6N7O2S. The van der Waals surface area contributed by atoms with Crippen LogP contribution in [0.25, 0.3) is 0 Å². The molecule has 3 aromatic heterocycles. The molecule has 214 valence electrons. The van der Waals surface area contributed by atoms with Crippen LogP contribution in [-0.4, -0.2) is 31.8 Å². The average Bonchev–Trinajstić information content (AvgIpc) is 3.40. The zero-order valence-corrected chi connectivity index (χ0v) is 22.0. The molecule has 0 spiro atoms. The Hall–Kier alpha value is -4.31. The molecule has 4 rings (SSSR count). The summed E-state index contributed by atoms with van der Waals surface area (Å²) < 4.78 is 78.6. The number of hydrogen-bond acceptors (Lipinski definition) is 8. The molecule has 0 aliphatic carbocycles. The Morgan fingerprint density at radius 2 is 1.59 bits per heavy atom. The maximum Gasteiger partial charge on any atom is 0.417 e. The van der Waals surface area contributed by atoms with Crippen LogP contribution in [0.4, 0.5) is 43.5 Å². The summed E-state index contributed by atoms with van der Waals surface area (Å²) in [5.74, 6) is -1.44. The van der Waals surface area contributed by atoms with Gasteiger partial charge in [0, 0.05) is 23.8 Å². The fourth-order valence-electron chi connectivity index (χ4n) is 3.40. The molecule has 0 bridgehead atoms. The predicted octanol–water partition coefficient (Wildman–Crippen LogP) is 6.51. The number of halogens is 7. The number of pyridine rings is 1. The molecule has 1 aromatic carbocycles. The summed E-state index contributed by atoms with van der Waals surface area (Å²) in [6.07, 6.45) is -5.22. The summed E-state index contributed by atoms with van der Waals surface area (Å²) >= 11 is 7.12. The van der Waals surface area contributed by atoms with Crippen molar-refractivity contribution in [2.45, 2.75) is 25.3 Å². The molecular weight excluding hydrogens is 600 g/mol. The fourth-order valence-corrected chi connectivity index (χ4v) is 4.45. The number of alkyl halides is 6. The standard InChI is InChI=1S/C24H16ClF6N7O2S/c1-11(36-21(40)18-17(25)19(35-10-34-18)37-12-4-6-32-7-5-12)22-33-9-16(41-22)20(39)38-13-2-3-14(23(26,27)28)15(8-13)24(29,30)31/h2-11H,1H3,(H,36,40)(H,38,39)(H,32,34,35,37). The van der Waals surface area contributed by atoms with E-state index in [1.54, 1.807) is 31.5 Å². The van der Waals surface area contributed by atoms with E-state index < -0.39 is 47.0 Å². The van der Waals surface area contributed by atoms with Crippen molar-refractivity contribution < 1.29 is 35.9 Å². The highest BCUT2D eigenvalue weighted by Crippen LogP contribution is 2.41. The van der Waals surface area contributed by atoms with Crippen molar-refractivity contribution in [3.63, 3.8) is 0 Å². The first-order valence-corrected chi connectivity index (χ1v) is 12.5. The number of carbonyl (C=O) groups excluding carboxylic acids is 2. The van der Waals surface area contributed by atoms with Crippen LogP contribution < -0.4 is 16.0 Å². The number of rotatable bonds is 7. The van der Waals surface area contributed by atoms with Crippen LogP contribution in [0.15, 0.2) is 55.2 Å². The number of benzene rings is 1. The number of carbonyl (C=O) groups is 2. The molecule has 0 saturated carbocycles. The molecule has 0 saturated heterocycles. The van der Waals surface area contributed by atoms with E-state index in [0.29, 0.717) is 11.8 Å². The Balaban J connectivity index is 1.45. The lowest BCUT2D eigenvalue weighted by Gasteiger charge is -2.16. The Morgan fingerprint density at radius 3 is 2.24 bits per heavy atom. The number of hydrogen-bond donors (Lipinski definition) is 3. The molecule has 4 aromatic rings. The van der Waals surface area contributed by atoms with Crippen LogP contribution in [0.3, 0.4) is 0 Å². The Morgan fingerprint density at radius 1 is 0.902 bits per heavy atom. The molecule has 3 heterocycles. The molecule has 0 radical (unpaired) electrons. The van der Waals surface area contributed by atoms with E-state index >= 15 is 0 Å². The van der Waals surface area contributed by atoms with Crippen molar-refractivity contribution in [1.29, 1.82) is 0 Å². The normalized spacial score (nSPS) is 12.5. The highest BCUT2D eigenvalue weighted by molar-refractivity contribution is 7.13. The molecule has 41 heavy (non-hydrogen) atoms. The zero-order chi connectivity index (χ0) is 29.9. The third kappa shape index (κ3) is 7.07. The monoisotopic (exact) mass is 615 g/mol. The molecule has 0 aliphatic heterocycles. The van der Waals surface area contributed by atoms with E-state index in [9.17, 15) is 35.9 Å². The molecule has 3 N–H and O–H groups in total. The van der Waals surface area contributed by atoms with Crippen LogP contribution >= 0.6 is 22.9 Å². The molecule has 1 unspecified atom stereocenters. The van der Waals surface area contributed by atoms with Gasteiger partial charge >= 0.3 is 12.4 Å². The largest absolute Gasteiger partial charge is 0.417 e. The van der Waals surface area contributed by atoms with Crippen molar-refractivity contribution >= 4 is 51.9 Å². The molecule has 9 nitrogen and oxygen atoms in total. The maximum atomic E-state index is 13.2. The maximum absolute atomic E-state index is 13.2. The van der Waals surface area contributed by atoms with E-state index in [1.807, 2.05) is 0 Å². The second kappa shape index (κ2) is 11.7. The first-order chi connectivity index (χ1) is 19.2. The van der Waals surface area contributed by atoms with Crippen LogP contribution in [-0.2, 0) is 12.4 Å². The summed E-state index contributed by atoms with van der Waals surface area (Å²) in [5, 5.41) is 7.87. The predicted molar refractivity (Wildman–Crippen MR) is 137 cm³/mol. The number of aromatic nitrogens is 4. The SMILES string of the molecule is CC(NC(=O)c1ncnc(Nc2ccncc2)c1Cl)c1ncc(C(=O)Nc2ccc(C(F)(F)F)c(C(F)(F)F)c2)s1. The van der Waals surface area contributed by atoms with Gasteiger partial charge in [-0.05, 0) is 37.3 Å². The lowest BCUT2D eigenvalue weighted by Crippen LogP contribution is -2.28. The van der Waals surface area contributed by atoms with Gasteiger partial charge in [0.15, 0.2) is 11.5 Å². The zero-order valence-electron chi connectivity index (χ0n) is 20.4. The summed E-state index contributed by atoms with van der Waals surface area (Å²) in [6, 6.07) is 3.70. The first-order valence-electron chi connectivity index (χ1n) is 11.3. The second-order valence-corrected chi connectivity index (χ2v) is 9.65. The van der Waals surface area contributed by atoms with Gasteiger partial charge in [-0.3, -0.25) is 14.6 Å². The third-order valence-electron chi connectivity index (χ3n) is 5.30. The lowest BCUT2D eigenvalue weighted by molar-refractivity contribution is -0.162. The Kier molecular flexibility index (Phi) is 8.44. The summed E-state index contributed by atoms with van der Waals surface area (Å²) in [4.78, 5) is 41.3. The van der Waals surface area contributed by atoms with Crippen molar-refractivity contribution in [2.24, 2.45) is 0 Å². The van der Waals surface area contributed by atoms with Crippen LogP contribution in [0.5, 0.6) is 0 Å². The van der Waals surface area contributed by atoms with Crippen molar-refractivity contribution in [3.05, 3.63) is 87.0 Å². The minimum Gasteiger partial charge on any atom is -0.342 e. The number of nitrogens with zero attached hydrogens (tertiary/aromatic N) is 4. The lowest BCUT2D eigenvalue weighted by atomic mass is 10.1. The second-order valence-electron chi connectivity index (χ2n) is 8.21. The quantitative estimate of drug-likeness (QED) is 0.203. The van der Waals surface area contributed by atoms with Crippen molar-refractivity contribution in [2.75, 3.05) is 10.6 Å². The Labute approximate surface area is 236 Å². The van der Waals surface area contributed by atoms with Crippen LogP contribution in [0.1, 0.15) is 49.3 Å². The molecule has 2 amide bonds. The molecule has 17 heteroatoms. The van der Waals surface area contributed by atoms with Gasteiger partial charge < -0.3 is 16.0 Å². The average molecular weight is 616 g/mol. The fraction of sp³-hybridized carbons (Fsp3) is 0.167. The Bertz CT molecular complexity index is 1580. The van der Waals surface area contributed by atoms with Gasteiger partial charge in [-0.1, -0.05) is 11.6 Å². The first kappa shape index (κ1) is 29.7. The van der Waals surface area contributed by atoms with Crippen molar-refractivity contribution in [1.82, 2.24) is 25.3 Å². The van der Waals surface area contributed by atoms with Crippen molar-refractivity contribution in [3.8, 4) is 0 Å². The van der Waals surface area contributed by atoms with Crippen LogP contribution in [0, 0.1) is 0 Å². The highest BCUT2D eigenvalue weighted by atomic mass is 35.5. The highest BCUT2D eigenvalue weighted by Gasteiger charge is 2.43. The minimum absolute atomic E-state index is 0.0667. The van der Waals surface area contributed by atoms with Gasteiger partial charge in [-0.15, -0.1) is 11.3 Å². The summed E-state index contributed by atoms with van der Waals surface area (Å²) in [5.41, 5.74) is -3.85. The minimum atomic E-state index is -5.31. The number of thiazole rings is 1. The van der Waals surface area contributed by atoms with E-state index in [4.69, 9.17) is 11.6 Å². The molecule has 1 atom stereocenters. The van der Waals surface area contributed by atoms with E-state index in [0.717, 1.165) is 23.9 Å². The molecule has 0 fully saturated rings. The van der Waals surface area contributed by atoms with Gasteiger partial charge in [-0.2, -0.15) is 26.3 Å². The van der Waals surface area contributed by atoms with E-state index in [1.165, 1.54) is 0 Å². The van der Waals surface area contributed by atoms with Crippen LogP contribution in [0.2, 0.25) is 5.02 Å². The van der Waals surface area contributed by atoms with E-state index in [-0.39, 0.29) is 38.6 Å². The topological polar surface area (TPSA) is 122 Å². The van der Waals surface area contributed by atoms with Gasteiger partial charge in [0.2, 0.25) is 0 Å². The summed E-state index contributed by atoms with van der Waals surface area (Å²) in [7, 11) is 0. The summed E-state index contributed by atoms with van der Waals surface area (Å²) in [6.45, 7) is 1.55. The number of amides is 2. The smallest absolute Gasteiger partial charge is 0.342 e. The van der Waals surface area contributed by atoms with Gasteiger partial charge in [0.25, 0.3) is 11.8 Å². The molecule has 0 aliphatic rings. The van der Waals surface area contributed by atoms with Gasteiger partial charge in [0.1, 0.15) is 21.2 Å². The number of anilines is 3. The van der Waals surface area contributed by atoms with Gasteiger partial charge in [-0.25, -0.2) is 15.0 Å². The number of nitrogens with one attached hydrogen (secondary N) is 3. The van der Waals surface area contributed by atoms with Gasteiger partial charge in [0.05, 0.1) is 23.4 Å². The van der Waals surface area contributed by atoms with E-state index in [2.05, 4.69) is 35.9 Å². The third-order valence-corrected chi connectivity index (χ3v) is 6.84.